The van der Waals surface area contributed by atoms with Crippen LogP contribution in [0.25, 0.3) is 32.4 Å². The number of aryl methyl sites for hydroxylation is 6. The molecule has 6 heterocycles. The van der Waals surface area contributed by atoms with E-state index in [0.717, 1.165) is 92.3 Å². The van der Waals surface area contributed by atoms with E-state index in [1.807, 2.05) is 50.6 Å². The number of ketones is 1. The molecule has 0 unspecified atom stereocenters. The summed E-state index contributed by atoms with van der Waals surface area (Å²) < 4.78 is 3.88. The Hall–Kier alpha value is -4.36. The molecule has 0 saturated heterocycles. The first-order valence-corrected chi connectivity index (χ1v) is 19.3. The Morgan fingerprint density at radius 3 is 1.39 bits per heavy atom. The van der Waals surface area contributed by atoms with Gasteiger partial charge in [0.15, 0.2) is 27.1 Å². The topological polar surface area (TPSA) is 132 Å². The van der Waals surface area contributed by atoms with Gasteiger partial charge in [-0.2, -0.15) is 10.2 Å². The maximum absolute atomic E-state index is 12.0. The Labute approximate surface area is 308 Å². The molecule has 1 amide bonds. The van der Waals surface area contributed by atoms with Crippen molar-refractivity contribution in [3.8, 4) is 21.1 Å². The molecule has 1 N–H and O–H groups in total. The molecule has 11 nitrogen and oxygen atoms in total. The minimum Gasteiger partial charge on any atom is -0.353 e. The van der Waals surface area contributed by atoms with Crippen molar-refractivity contribution in [3.05, 3.63) is 67.4 Å². The number of carbonyl (C=O) groups is 2. The highest BCUT2D eigenvalue weighted by Crippen LogP contribution is 2.37. The second-order valence-corrected chi connectivity index (χ2v) is 15.1. The molecule has 0 atom stereocenters. The molecule has 0 radical (unpaired) electrons. The number of nitrogens with one attached hydrogen (secondary N) is 1. The third-order valence-electron chi connectivity index (χ3n) is 9.41. The zero-order chi connectivity index (χ0) is 37.3. The van der Waals surface area contributed by atoms with Crippen LogP contribution in [0.1, 0.15) is 137 Å². The van der Waals surface area contributed by atoms with E-state index in [-0.39, 0.29) is 11.7 Å². The Kier molecular flexibility index (Phi) is 11.5. The Morgan fingerprint density at radius 1 is 0.647 bits per heavy atom. The molecule has 0 aliphatic carbocycles. The van der Waals surface area contributed by atoms with Crippen LogP contribution in [0.2, 0.25) is 0 Å². The lowest BCUT2D eigenvalue weighted by Crippen LogP contribution is -2.17. The first kappa shape index (κ1) is 37.9. The van der Waals surface area contributed by atoms with Crippen LogP contribution in [-0.4, -0.2) is 57.9 Å². The van der Waals surface area contributed by atoms with Gasteiger partial charge in [0.05, 0.1) is 43.9 Å². The van der Waals surface area contributed by atoms with Crippen LogP contribution in [0.15, 0.2) is 12.1 Å². The summed E-state index contributed by atoms with van der Waals surface area (Å²) in [6, 6.07) is 4.31. The van der Waals surface area contributed by atoms with E-state index in [1.165, 1.54) is 33.8 Å². The Bertz CT molecular complexity index is 2230. The predicted molar refractivity (Wildman–Crippen MR) is 207 cm³/mol. The van der Waals surface area contributed by atoms with E-state index < -0.39 is 0 Å². The number of aromatic nitrogens is 8. The van der Waals surface area contributed by atoms with E-state index >= 15 is 0 Å². The lowest BCUT2D eigenvalue weighted by molar-refractivity contribution is 0.0961. The van der Waals surface area contributed by atoms with Gasteiger partial charge in [-0.15, -0.1) is 22.7 Å². The standard InChI is InChI=1S/C19H25N5OS.C19H24N4OS/c1-7-13(8-2)14-9-10(3)23-24-15(11(4)21-17(14)24)16-12(5)22-19(26-16)18(25)20-6;1-7-14(8-2)15-9-10(3)22-23-16(11(4)20-18(15)23)17-12(5)21-19(25-17)13(6)24/h9,13H,7-8H2,1-6H3,(H,20,25);9,14H,7-8H2,1-6H3. The highest BCUT2D eigenvalue weighted by Gasteiger charge is 2.25. The van der Waals surface area contributed by atoms with Gasteiger partial charge in [-0.05, 0) is 91.2 Å². The number of carbonyl (C=O) groups excluding carboxylic acids is 2. The van der Waals surface area contributed by atoms with Crippen LogP contribution in [-0.2, 0) is 0 Å². The molecule has 0 bridgehead atoms. The van der Waals surface area contributed by atoms with Gasteiger partial charge >= 0.3 is 0 Å². The zero-order valence-electron chi connectivity index (χ0n) is 31.8. The molecule has 13 heteroatoms. The van der Waals surface area contributed by atoms with Gasteiger partial charge in [-0.3, -0.25) is 9.59 Å². The minimum absolute atomic E-state index is 0.00678. The molecule has 6 aromatic heterocycles. The second kappa shape index (κ2) is 15.5. The van der Waals surface area contributed by atoms with E-state index in [4.69, 9.17) is 20.2 Å². The molecule has 0 aliphatic rings. The van der Waals surface area contributed by atoms with Crippen molar-refractivity contribution in [1.82, 2.24) is 44.5 Å². The third kappa shape index (κ3) is 7.23. The molecule has 0 saturated carbocycles. The van der Waals surface area contributed by atoms with E-state index in [2.05, 4.69) is 55.1 Å². The number of rotatable bonds is 10. The maximum Gasteiger partial charge on any atom is 0.280 e. The third-order valence-corrected chi connectivity index (χ3v) is 11.8. The average molecular weight is 728 g/mol. The first-order chi connectivity index (χ1) is 24.3. The van der Waals surface area contributed by atoms with Crippen molar-refractivity contribution in [2.24, 2.45) is 0 Å². The van der Waals surface area contributed by atoms with Crippen molar-refractivity contribution in [1.29, 1.82) is 0 Å². The summed E-state index contributed by atoms with van der Waals surface area (Å²) in [6.45, 7) is 22.3. The van der Waals surface area contributed by atoms with Gasteiger partial charge in [0.2, 0.25) is 0 Å². The SMILES string of the molecule is CCC(CC)c1cc(C)nn2c(-c3sc(C(=O)NC)nc3C)c(C)nc12.CCC(CC)c1cc(C)nn2c(-c3sc(C(C)=O)nc3C)c(C)nc12. The lowest BCUT2D eigenvalue weighted by Gasteiger charge is -2.14. The van der Waals surface area contributed by atoms with Gasteiger partial charge in [-0.25, -0.2) is 29.0 Å². The summed E-state index contributed by atoms with van der Waals surface area (Å²) in [5, 5.41) is 13.1. The van der Waals surface area contributed by atoms with E-state index in [0.29, 0.717) is 21.9 Å². The predicted octanol–water partition coefficient (Wildman–Crippen LogP) is 8.93. The first-order valence-electron chi connectivity index (χ1n) is 17.7. The van der Waals surface area contributed by atoms with Crippen LogP contribution in [0, 0.1) is 41.5 Å². The maximum atomic E-state index is 12.0. The molecular formula is C38H49N9O2S2. The van der Waals surface area contributed by atoms with Crippen LogP contribution in [0.4, 0.5) is 0 Å². The summed E-state index contributed by atoms with van der Waals surface area (Å²) in [4.78, 5) is 44.1. The molecule has 51 heavy (non-hydrogen) atoms. The number of thiazole rings is 2. The number of imidazole rings is 2. The van der Waals surface area contributed by atoms with Gasteiger partial charge in [-0.1, -0.05) is 27.7 Å². The fourth-order valence-corrected chi connectivity index (χ4v) is 8.86. The second-order valence-electron chi connectivity index (χ2n) is 13.1. The summed E-state index contributed by atoms with van der Waals surface area (Å²) >= 11 is 2.81. The summed E-state index contributed by atoms with van der Waals surface area (Å²) in [7, 11) is 1.62. The number of Topliss-reactive ketones (excluding diaryl/α,β-unsaturated/α-hetero) is 1. The molecule has 0 fully saturated rings. The van der Waals surface area contributed by atoms with Crippen LogP contribution >= 0.6 is 22.7 Å². The van der Waals surface area contributed by atoms with Crippen molar-refractivity contribution in [2.75, 3.05) is 7.05 Å². The number of nitrogens with zero attached hydrogens (tertiary/aromatic N) is 8. The zero-order valence-corrected chi connectivity index (χ0v) is 33.5. The largest absolute Gasteiger partial charge is 0.353 e. The van der Waals surface area contributed by atoms with Crippen molar-refractivity contribution in [3.63, 3.8) is 0 Å². The fraction of sp³-hybridized carbons (Fsp3) is 0.474. The summed E-state index contributed by atoms with van der Waals surface area (Å²) in [6.07, 6.45) is 4.28. The molecule has 0 spiro atoms. The van der Waals surface area contributed by atoms with E-state index in [9.17, 15) is 9.59 Å². The molecule has 0 aromatic carbocycles. The molecule has 0 aliphatic heterocycles. The van der Waals surface area contributed by atoms with E-state index in [1.54, 1.807) is 14.0 Å². The number of hydrogen-bond donors (Lipinski definition) is 1. The summed E-state index contributed by atoms with van der Waals surface area (Å²) in [5.41, 5.74) is 11.7. The van der Waals surface area contributed by atoms with Crippen LogP contribution in [0.3, 0.4) is 0 Å². The Morgan fingerprint density at radius 2 is 1.04 bits per heavy atom. The minimum atomic E-state index is -0.169. The molecule has 6 rings (SSSR count). The number of hydrogen-bond acceptors (Lipinski definition) is 10. The van der Waals surface area contributed by atoms with Gasteiger partial charge < -0.3 is 5.32 Å². The highest BCUT2D eigenvalue weighted by atomic mass is 32.1. The molecular weight excluding hydrogens is 679 g/mol. The van der Waals surface area contributed by atoms with Gasteiger partial charge in [0.25, 0.3) is 5.91 Å². The molecule has 6 aromatic rings. The number of fused-ring (bicyclic) bond motifs is 2. The quantitative estimate of drug-likeness (QED) is 0.138. The highest BCUT2D eigenvalue weighted by molar-refractivity contribution is 7.17. The summed E-state index contributed by atoms with van der Waals surface area (Å²) in [5.74, 6) is 0.748. The van der Waals surface area contributed by atoms with Crippen LogP contribution in [0.5, 0.6) is 0 Å². The smallest absolute Gasteiger partial charge is 0.280 e. The van der Waals surface area contributed by atoms with Crippen molar-refractivity contribution < 1.29 is 9.59 Å². The average Bonchev–Trinajstić information content (AvgIpc) is 3.84. The monoisotopic (exact) mass is 727 g/mol. The number of amides is 1. The lowest BCUT2D eigenvalue weighted by atomic mass is 9.95. The van der Waals surface area contributed by atoms with Gasteiger partial charge in [0, 0.05) is 25.1 Å². The van der Waals surface area contributed by atoms with Crippen LogP contribution < -0.4 is 5.32 Å². The normalized spacial score (nSPS) is 11.6. The Balaban J connectivity index is 0.000000198. The fourth-order valence-electron chi connectivity index (χ4n) is 6.72. The van der Waals surface area contributed by atoms with Crippen molar-refractivity contribution in [2.45, 2.75) is 114 Å². The van der Waals surface area contributed by atoms with Gasteiger partial charge in [0.1, 0.15) is 11.4 Å². The molecule has 270 valence electrons. The van der Waals surface area contributed by atoms with Crippen molar-refractivity contribution >= 4 is 45.7 Å².